The molecule has 1 aliphatic heterocycles. The molecule has 0 radical (unpaired) electrons. The highest BCUT2D eigenvalue weighted by Crippen LogP contribution is 2.40. The average molecular weight is 410 g/mol. The van der Waals surface area contributed by atoms with Crippen LogP contribution in [0.25, 0.3) is 0 Å². The molecular formula is C21H22ClF2NO3. The van der Waals surface area contributed by atoms with Gasteiger partial charge < -0.3 is 14.7 Å². The molecule has 1 amide bonds. The predicted molar refractivity (Wildman–Crippen MR) is 102 cm³/mol. The van der Waals surface area contributed by atoms with Gasteiger partial charge >= 0.3 is 6.09 Å². The molecule has 0 bridgehead atoms. The van der Waals surface area contributed by atoms with Crippen molar-refractivity contribution in [2.75, 3.05) is 13.2 Å². The van der Waals surface area contributed by atoms with Gasteiger partial charge in [-0.05, 0) is 49.6 Å². The minimum absolute atomic E-state index is 0.0450. The van der Waals surface area contributed by atoms with Crippen LogP contribution in [0.3, 0.4) is 0 Å². The van der Waals surface area contributed by atoms with Crippen LogP contribution < -0.4 is 0 Å². The number of rotatable bonds is 6. The van der Waals surface area contributed by atoms with Crippen molar-refractivity contribution in [3.8, 4) is 0 Å². The third-order valence-electron chi connectivity index (χ3n) is 5.26. The van der Waals surface area contributed by atoms with E-state index in [1.54, 1.807) is 31.2 Å². The van der Waals surface area contributed by atoms with Crippen LogP contribution >= 0.6 is 11.6 Å². The number of aliphatic hydroxyl groups is 1. The van der Waals surface area contributed by atoms with Crippen LogP contribution in [0.1, 0.15) is 43.4 Å². The largest absolute Gasteiger partial charge is 0.438 e. The third-order valence-corrected chi connectivity index (χ3v) is 5.50. The van der Waals surface area contributed by atoms with E-state index in [1.807, 2.05) is 0 Å². The van der Waals surface area contributed by atoms with E-state index < -0.39 is 23.6 Å². The number of ether oxygens (including phenoxy) is 1. The molecule has 3 rings (SSSR count). The Morgan fingerprint density at radius 3 is 2.57 bits per heavy atom. The van der Waals surface area contributed by atoms with Gasteiger partial charge in [-0.1, -0.05) is 29.8 Å². The van der Waals surface area contributed by atoms with Crippen LogP contribution in [-0.2, 0) is 10.3 Å². The zero-order chi connectivity index (χ0) is 20.3. The molecule has 0 aliphatic carbocycles. The van der Waals surface area contributed by atoms with Gasteiger partial charge in [0.15, 0.2) is 0 Å². The Morgan fingerprint density at radius 1 is 1.25 bits per heavy atom. The van der Waals surface area contributed by atoms with Gasteiger partial charge in [0.25, 0.3) is 0 Å². The van der Waals surface area contributed by atoms with E-state index in [2.05, 4.69) is 0 Å². The van der Waals surface area contributed by atoms with E-state index in [0.29, 0.717) is 36.9 Å². The Labute approximate surface area is 167 Å². The molecule has 28 heavy (non-hydrogen) atoms. The fraction of sp³-hybridized carbons (Fsp3) is 0.381. The second kappa shape index (κ2) is 8.45. The highest BCUT2D eigenvalue weighted by atomic mass is 35.5. The van der Waals surface area contributed by atoms with Gasteiger partial charge in [0, 0.05) is 30.2 Å². The van der Waals surface area contributed by atoms with Crippen molar-refractivity contribution in [2.24, 2.45) is 0 Å². The lowest BCUT2D eigenvalue weighted by atomic mass is 9.84. The Bertz CT molecular complexity index is 846. The van der Waals surface area contributed by atoms with Gasteiger partial charge in [-0.15, -0.1) is 0 Å². The summed E-state index contributed by atoms with van der Waals surface area (Å²) in [6.07, 6.45) is 0.726. The molecule has 150 valence electrons. The number of halogens is 3. The first kappa shape index (κ1) is 20.6. The van der Waals surface area contributed by atoms with E-state index in [1.165, 1.54) is 23.1 Å². The molecule has 1 aliphatic rings. The molecule has 1 saturated heterocycles. The minimum Gasteiger partial charge on any atom is -0.438 e. The van der Waals surface area contributed by atoms with E-state index in [0.717, 1.165) is 0 Å². The van der Waals surface area contributed by atoms with Crippen molar-refractivity contribution >= 4 is 17.7 Å². The summed E-state index contributed by atoms with van der Waals surface area (Å²) in [6, 6.07) is 9.65. The summed E-state index contributed by atoms with van der Waals surface area (Å²) in [4.78, 5) is 14.3. The molecule has 2 atom stereocenters. The van der Waals surface area contributed by atoms with Crippen molar-refractivity contribution in [3.05, 3.63) is 70.2 Å². The normalized spacial score (nSPS) is 20.8. The number of amides is 1. The van der Waals surface area contributed by atoms with E-state index in [9.17, 15) is 18.7 Å². The lowest BCUT2D eigenvalue weighted by molar-refractivity contribution is -0.0682. The van der Waals surface area contributed by atoms with E-state index in [4.69, 9.17) is 16.3 Å². The molecule has 1 fully saturated rings. The lowest BCUT2D eigenvalue weighted by Crippen LogP contribution is -2.49. The number of hydrogen-bond acceptors (Lipinski definition) is 3. The molecule has 1 heterocycles. The second-order valence-electron chi connectivity index (χ2n) is 6.98. The fourth-order valence-corrected chi connectivity index (χ4v) is 3.83. The van der Waals surface area contributed by atoms with Gasteiger partial charge in [-0.3, -0.25) is 0 Å². The molecular weight excluding hydrogens is 388 g/mol. The second-order valence-corrected chi connectivity index (χ2v) is 7.42. The Kier molecular flexibility index (Phi) is 6.20. The average Bonchev–Trinajstić information content (AvgIpc) is 2.66. The smallest absolute Gasteiger partial charge is 0.411 e. The number of cyclic esters (lactones) is 1. The first-order valence-electron chi connectivity index (χ1n) is 9.18. The highest BCUT2D eigenvalue weighted by molar-refractivity contribution is 6.30. The summed E-state index contributed by atoms with van der Waals surface area (Å²) in [5.41, 5.74) is 0.0918. The number of hydrogen-bond donors (Lipinski definition) is 1. The van der Waals surface area contributed by atoms with Crippen molar-refractivity contribution in [3.63, 3.8) is 0 Å². The number of carbonyl (C=O) groups excluding carboxylic acids is 1. The number of aliphatic hydroxyl groups excluding tert-OH is 1. The van der Waals surface area contributed by atoms with E-state index >= 15 is 0 Å². The Balaban J connectivity index is 1.84. The maximum absolute atomic E-state index is 14.3. The van der Waals surface area contributed by atoms with Crippen LogP contribution in [-0.4, -0.2) is 29.3 Å². The molecule has 0 spiro atoms. The summed E-state index contributed by atoms with van der Waals surface area (Å²) >= 11 is 5.81. The van der Waals surface area contributed by atoms with Gasteiger partial charge in [-0.2, -0.15) is 0 Å². The van der Waals surface area contributed by atoms with Gasteiger partial charge in [0.2, 0.25) is 0 Å². The summed E-state index contributed by atoms with van der Waals surface area (Å²) in [5, 5.41) is 9.53. The zero-order valence-electron chi connectivity index (χ0n) is 15.5. The molecule has 0 saturated carbocycles. The van der Waals surface area contributed by atoms with Gasteiger partial charge in [0.05, 0.1) is 6.04 Å². The van der Waals surface area contributed by atoms with Crippen LogP contribution in [0.5, 0.6) is 0 Å². The van der Waals surface area contributed by atoms with Crippen LogP contribution in [0.15, 0.2) is 42.5 Å². The predicted octanol–water partition coefficient (Wildman–Crippen LogP) is 5.19. The fourth-order valence-electron chi connectivity index (χ4n) is 3.67. The Hall–Kier alpha value is -2.18. The van der Waals surface area contributed by atoms with Gasteiger partial charge in [-0.25, -0.2) is 13.6 Å². The summed E-state index contributed by atoms with van der Waals surface area (Å²) in [7, 11) is 0. The van der Waals surface area contributed by atoms with Crippen molar-refractivity contribution < 1.29 is 23.4 Å². The van der Waals surface area contributed by atoms with Crippen molar-refractivity contribution in [2.45, 2.75) is 37.8 Å². The Morgan fingerprint density at radius 2 is 1.96 bits per heavy atom. The summed E-state index contributed by atoms with van der Waals surface area (Å²) in [5.74, 6) is -0.861. The molecule has 2 aromatic carbocycles. The van der Waals surface area contributed by atoms with Crippen LogP contribution in [0, 0.1) is 11.6 Å². The lowest BCUT2D eigenvalue weighted by Gasteiger charge is -2.43. The SMILES string of the molecule is C[C@@H](c1ccc(Cl)cc1F)N1CC[C@](CCCO)(c2ccc(F)cc2)OC1=O. The molecule has 0 aromatic heterocycles. The summed E-state index contributed by atoms with van der Waals surface area (Å²) < 4.78 is 33.4. The molecule has 7 heteroatoms. The van der Waals surface area contributed by atoms with Crippen LogP contribution in [0.4, 0.5) is 13.6 Å². The summed E-state index contributed by atoms with van der Waals surface area (Å²) in [6.45, 7) is 2.02. The molecule has 0 unspecified atom stereocenters. The molecule has 2 aromatic rings. The number of nitrogens with zero attached hydrogens (tertiary/aromatic N) is 1. The topological polar surface area (TPSA) is 49.8 Å². The first-order valence-corrected chi connectivity index (χ1v) is 9.55. The first-order chi connectivity index (χ1) is 13.4. The number of benzene rings is 2. The maximum atomic E-state index is 14.3. The monoisotopic (exact) mass is 409 g/mol. The third kappa shape index (κ3) is 4.13. The minimum atomic E-state index is -0.942. The maximum Gasteiger partial charge on any atom is 0.411 e. The number of carbonyl (C=O) groups is 1. The van der Waals surface area contributed by atoms with Gasteiger partial charge in [0.1, 0.15) is 17.2 Å². The molecule has 1 N–H and O–H groups in total. The van der Waals surface area contributed by atoms with Crippen molar-refractivity contribution in [1.82, 2.24) is 4.90 Å². The van der Waals surface area contributed by atoms with E-state index in [-0.39, 0.29) is 17.4 Å². The molecule has 4 nitrogen and oxygen atoms in total. The van der Waals surface area contributed by atoms with Crippen LogP contribution in [0.2, 0.25) is 5.02 Å². The standard InChI is InChI=1S/C21H22ClF2NO3/c1-14(18-8-5-16(22)13-19(18)24)25-11-10-21(9-2-12-26,28-20(25)27)15-3-6-17(23)7-4-15/h3-8,13-14,26H,2,9-12H2,1H3/t14-,21+/m0/s1. The van der Waals surface area contributed by atoms with Crippen molar-refractivity contribution in [1.29, 1.82) is 0 Å². The zero-order valence-corrected chi connectivity index (χ0v) is 16.3. The highest BCUT2D eigenvalue weighted by Gasteiger charge is 2.43. The quantitative estimate of drug-likeness (QED) is 0.714.